The molecule has 2 aromatic rings. The molecule has 0 bridgehead atoms. The van der Waals surface area contributed by atoms with E-state index in [-0.39, 0.29) is 5.97 Å². The Labute approximate surface area is 157 Å². The molecule has 0 fully saturated rings. The van der Waals surface area contributed by atoms with Crippen LogP contribution in [0.5, 0.6) is 0 Å². The molecule has 2 aromatic carbocycles. The number of carbonyl (C=O) groups is 1. The SMILES string of the molecule is CCOC(=O)C=Cc1ccc(Sc2ccc(NC3=NCCN3)cc2)cc1. The summed E-state index contributed by atoms with van der Waals surface area (Å²) in [6.45, 7) is 3.89. The van der Waals surface area contributed by atoms with Crippen LogP contribution in [0, 0.1) is 0 Å². The molecule has 5 nitrogen and oxygen atoms in total. The molecule has 0 saturated heterocycles. The Hall–Kier alpha value is -2.73. The van der Waals surface area contributed by atoms with Crippen molar-refractivity contribution >= 4 is 35.5 Å². The van der Waals surface area contributed by atoms with Gasteiger partial charge in [0, 0.05) is 28.1 Å². The molecule has 26 heavy (non-hydrogen) atoms. The van der Waals surface area contributed by atoms with Gasteiger partial charge in [-0.1, -0.05) is 23.9 Å². The maximum Gasteiger partial charge on any atom is 0.330 e. The molecule has 1 aliphatic rings. The van der Waals surface area contributed by atoms with Crippen molar-refractivity contribution in [1.29, 1.82) is 0 Å². The van der Waals surface area contributed by atoms with Gasteiger partial charge in [-0.3, -0.25) is 4.99 Å². The van der Waals surface area contributed by atoms with Gasteiger partial charge in [-0.15, -0.1) is 0 Å². The van der Waals surface area contributed by atoms with Crippen molar-refractivity contribution in [2.75, 3.05) is 25.0 Å². The Morgan fingerprint density at radius 1 is 1.19 bits per heavy atom. The molecule has 0 unspecified atom stereocenters. The summed E-state index contributed by atoms with van der Waals surface area (Å²) in [5.41, 5.74) is 1.98. The fourth-order valence-electron chi connectivity index (χ4n) is 2.36. The Morgan fingerprint density at radius 3 is 2.50 bits per heavy atom. The summed E-state index contributed by atoms with van der Waals surface area (Å²) in [7, 11) is 0. The standard InChI is InChI=1S/C20H21N3O2S/c1-2-25-19(24)12-5-15-3-8-17(9-4-15)26-18-10-6-16(7-11-18)23-20-21-13-14-22-20/h3-12H,2,13-14H2,1H3,(H2,21,22,23). The summed E-state index contributed by atoms with van der Waals surface area (Å²) in [6.07, 6.45) is 3.20. The first-order valence-corrected chi connectivity index (χ1v) is 9.33. The van der Waals surface area contributed by atoms with Gasteiger partial charge < -0.3 is 15.4 Å². The van der Waals surface area contributed by atoms with E-state index in [1.165, 1.54) is 6.08 Å². The number of nitrogens with zero attached hydrogens (tertiary/aromatic N) is 1. The molecule has 3 rings (SSSR count). The zero-order chi connectivity index (χ0) is 18.2. The number of hydrogen-bond donors (Lipinski definition) is 2. The Balaban J connectivity index is 1.56. The van der Waals surface area contributed by atoms with Crippen LogP contribution in [-0.4, -0.2) is 31.6 Å². The number of aliphatic imine (C=N–C) groups is 1. The Kier molecular flexibility index (Phi) is 6.33. The number of ether oxygens (including phenoxy) is 1. The maximum atomic E-state index is 11.3. The van der Waals surface area contributed by atoms with Crippen molar-refractivity contribution in [3.8, 4) is 0 Å². The summed E-state index contributed by atoms with van der Waals surface area (Å²) in [5.74, 6) is 0.510. The van der Waals surface area contributed by atoms with Gasteiger partial charge in [0.2, 0.25) is 0 Å². The quantitative estimate of drug-likeness (QED) is 0.601. The number of carbonyl (C=O) groups excluding carboxylic acids is 1. The molecule has 0 radical (unpaired) electrons. The van der Waals surface area contributed by atoms with Crippen LogP contribution in [0.15, 0.2) is 69.4 Å². The van der Waals surface area contributed by atoms with Gasteiger partial charge in [0.1, 0.15) is 0 Å². The molecule has 0 saturated carbocycles. The highest BCUT2D eigenvalue weighted by molar-refractivity contribution is 7.99. The fourth-order valence-corrected chi connectivity index (χ4v) is 3.18. The van der Waals surface area contributed by atoms with Gasteiger partial charge >= 0.3 is 5.97 Å². The van der Waals surface area contributed by atoms with Crippen molar-refractivity contribution in [2.45, 2.75) is 16.7 Å². The highest BCUT2D eigenvalue weighted by Gasteiger charge is 2.05. The van der Waals surface area contributed by atoms with Crippen LogP contribution in [0.25, 0.3) is 6.08 Å². The number of guanidine groups is 1. The Morgan fingerprint density at radius 2 is 1.88 bits per heavy atom. The number of esters is 1. The molecule has 0 spiro atoms. The lowest BCUT2D eigenvalue weighted by atomic mass is 10.2. The number of anilines is 1. The molecule has 0 aliphatic carbocycles. The average Bonchev–Trinajstić information content (AvgIpc) is 3.16. The second-order valence-corrected chi connectivity index (χ2v) is 6.71. The molecular weight excluding hydrogens is 346 g/mol. The van der Waals surface area contributed by atoms with Gasteiger partial charge in [0.05, 0.1) is 13.2 Å². The predicted octanol–water partition coefficient (Wildman–Crippen LogP) is 3.79. The molecule has 1 aliphatic heterocycles. The van der Waals surface area contributed by atoms with E-state index in [9.17, 15) is 4.79 Å². The van der Waals surface area contributed by atoms with E-state index in [0.29, 0.717) is 6.61 Å². The average molecular weight is 367 g/mol. The number of benzene rings is 2. The van der Waals surface area contributed by atoms with Crippen molar-refractivity contribution in [1.82, 2.24) is 5.32 Å². The lowest BCUT2D eigenvalue weighted by molar-refractivity contribution is -0.137. The molecule has 1 heterocycles. The molecule has 0 amide bonds. The first-order chi connectivity index (χ1) is 12.7. The molecule has 6 heteroatoms. The van der Waals surface area contributed by atoms with E-state index in [1.54, 1.807) is 24.8 Å². The second-order valence-electron chi connectivity index (χ2n) is 5.56. The third-order valence-electron chi connectivity index (χ3n) is 3.61. The zero-order valence-electron chi connectivity index (χ0n) is 14.6. The summed E-state index contributed by atoms with van der Waals surface area (Å²) in [6, 6.07) is 16.3. The monoisotopic (exact) mass is 367 g/mol. The summed E-state index contributed by atoms with van der Waals surface area (Å²) in [4.78, 5) is 18.0. The van der Waals surface area contributed by atoms with Crippen molar-refractivity contribution in [3.63, 3.8) is 0 Å². The second kappa shape index (κ2) is 9.10. The topological polar surface area (TPSA) is 62.7 Å². The van der Waals surface area contributed by atoms with Gasteiger partial charge in [0.15, 0.2) is 5.96 Å². The molecule has 0 atom stereocenters. The van der Waals surface area contributed by atoms with Crippen LogP contribution in [0.1, 0.15) is 12.5 Å². The van der Waals surface area contributed by atoms with E-state index in [0.717, 1.165) is 40.1 Å². The van der Waals surface area contributed by atoms with E-state index in [2.05, 4.69) is 27.8 Å². The maximum absolute atomic E-state index is 11.3. The minimum atomic E-state index is -0.321. The minimum Gasteiger partial charge on any atom is -0.463 e. The highest BCUT2D eigenvalue weighted by Crippen LogP contribution is 2.28. The number of rotatable bonds is 6. The van der Waals surface area contributed by atoms with E-state index in [1.807, 2.05) is 36.4 Å². The van der Waals surface area contributed by atoms with Crippen LogP contribution < -0.4 is 10.6 Å². The lowest BCUT2D eigenvalue weighted by Gasteiger charge is -2.07. The van der Waals surface area contributed by atoms with Crippen molar-refractivity contribution in [2.24, 2.45) is 4.99 Å². The van der Waals surface area contributed by atoms with Crippen LogP contribution in [0.3, 0.4) is 0 Å². The summed E-state index contributed by atoms with van der Waals surface area (Å²) >= 11 is 1.69. The molecule has 134 valence electrons. The predicted molar refractivity (Wildman–Crippen MR) is 107 cm³/mol. The van der Waals surface area contributed by atoms with Gasteiger partial charge in [-0.2, -0.15) is 0 Å². The van der Waals surface area contributed by atoms with Crippen LogP contribution >= 0.6 is 11.8 Å². The largest absolute Gasteiger partial charge is 0.463 e. The van der Waals surface area contributed by atoms with Crippen LogP contribution in [0.2, 0.25) is 0 Å². The van der Waals surface area contributed by atoms with Crippen molar-refractivity contribution < 1.29 is 9.53 Å². The zero-order valence-corrected chi connectivity index (χ0v) is 15.4. The van der Waals surface area contributed by atoms with Crippen molar-refractivity contribution in [3.05, 3.63) is 60.2 Å². The van der Waals surface area contributed by atoms with E-state index >= 15 is 0 Å². The molecule has 2 N–H and O–H groups in total. The Bertz CT molecular complexity index is 799. The molecular formula is C20H21N3O2S. The van der Waals surface area contributed by atoms with Gasteiger partial charge in [-0.25, -0.2) is 4.79 Å². The van der Waals surface area contributed by atoms with E-state index in [4.69, 9.17) is 4.74 Å². The van der Waals surface area contributed by atoms with Crippen LogP contribution in [0.4, 0.5) is 5.69 Å². The van der Waals surface area contributed by atoms with E-state index < -0.39 is 0 Å². The highest BCUT2D eigenvalue weighted by atomic mass is 32.2. The lowest BCUT2D eigenvalue weighted by Crippen LogP contribution is -2.26. The third-order valence-corrected chi connectivity index (χ3v) is 4.62. The first kappa shape index (κ1) is 18.1. The third kappa shape index (κ3) is 5.39. The number of hydrogen-bond acceptors (Lipinski definition) is 6. The van der Waals surface area contributed by atoms with Gasteiger partial charge in [0.25, 0.3) is 0 Å². The summed E-state index contributed by atoms with van der Waals surface area (Å²) < 4.78 is 4.87. The smallest absolute Gasteiger partial charge is 0.330 e. The summed E-state index contributed by atoms with van der Waals surface area (Å²) in [5, 5.41) is 6.44. The minimum absolute atomic E-state index is 0.321. The fraction of sp³-hybridized carbons (Fsp3) is 0.200. The van der Waals surface area contributed by atoms with Gasteiger partial charge in [-0.05, 0) is 55.0 Å². The number of nitrogens with one attached hydrogen (secondary N) is 2. The van der Waals surface area contributed by atoms with Crippen LogP contribution in [-0.2, 0) is 9.53 Å². The molecule has 0 aromatic heterocycles. The first-order valence-electron chi connectivity index (χ1n) is 8.51. The normalized spacial score (nSPS) is 13.3.